The van der Waals surface area contributed by atoms with Crippen molar-refractivity contribution in [2.24, 2.45) is 0 Å². The summed E-state index contributed by atoms with van der Waals surface area (Å²) in [6.45, 7) is 14.9. The average Bonchev–Trinajstić information content (AvgIpc) is 3.30. The largest absolute Gasteiger partial charge is 0.481 e. The Labute approximate surface area is 414 Å². The molecule has 0 radical (unpaired) electrons. The van der Waals surface area contributed by atoms with Gasteiger partial charge >= 0.3 is 11.9 Å². The second kappa shape index (κ2) is 36.9. The molecule has 5 nitrogen and oxygen atoms in total. The number of carbonyl (C=O) groups excluding carboxylic acids is 1. The Bertz CT molecular complexity index is 2010. The normalized spacial score (nSPS) is 11.0. The van der Waals surface area contributed by atoms with E-state index in [0.29, 0.717) is 12.8 Å². The molecule has 0 spiro atoms. The zero-order chi connectivity index (χ0) is 49.8. The Hall–Kier alpha value is -5.03. The van der Waals surface area contributed by atoms with E-state index in [1.54, 1.807) is 6.92 Å². The molecule has 0 aliphatic rings. The van der Waals surface area contributed by atoms with Crippen LogP contribution in [0.15, 0.2) is 91.0 Å². The first-order valence-corrected chi connectivity index (χ1v) is 26.6. The molecule has 0 aliphatic carbocycles. The van der Waals surface area contributed by atoms with Gasteiger partial charge in [-0.3, -0.25) is 14.4 Å². The molecular formula is C63H90O5. The van der Waals surface area contributed by atoms with Gasteiger partial charge in [0.1, 0.15) is 5.78 Å². The topological polar surface area (TPSA) is 91.7 Å². The zero-order valence-electron chi connectivity index (χ0n) is 43.6. The molecule has 0 unspecified atom stereocenters. The van der Waals surface area contributed by atoms with Crippen LogP contribution in [0.25, 0.3) is 12.2 Å². The summed E-state index contributed by atoms with van der Waals surface area (Å²) >= 11 is 0. The lowest BCUT2D eigenvalue weighted by Gasteiger charge is -2.17. The molecule has 0 saturated heterocycles. The van der Waals surface area contributed by atoms with E-state index in [0.717, 1.165) is 68.9 Å². The second-order valence-electron chi connectivity index (χ2n) is 18.8. The van der Waals surface area contributed by atoms with E-state index in [1.165, 1.54) is 127 Å². The van der Waals surface area contributed by atoms with Gasteiger partial charge in [-0.05, 0) is 151 Å². The monoisotopic (exact) mass is 927 g/mol. The van der Waals surface area contributed by atoms with Crippen LogP contribution in [0.1, 0.15) is 219 Å². The maximum atomic E-state index is 11.5. The third-order valence-electron chi connectivity index (χ3n) is 12.1. The van der Waals surface area contributed by atoms with E-state index < -0.39 is 11.9 Å². The summed E-state index contributed by atoms with van der Waals surface area (Å²) in [5, 5.41) is 18.3. The fourth-order valence-corrected chi connectivity index (χ4v) is 8.51. The van der Waals surface area contributed by atoms with Gasteiger partial charge in [-0.15, -0.1) is 0 Å². The number of carbonyl (C=O) groups is 3. The number of ketones is 1. The third-order valence-corrected chi connectivity index (χ3v) is 12.1. The highest BCUT2D eigenvalue weighted by Gasteiger charge is 2.15. The van der Waals surface area contributed by atoms with Crippen LogP contribution in [-0.4, -0.2) is 27.9 Å². The van der Waals surface area contributed by atoms with Crippen molar-refractivity contribution in [3.63, 3.8) is 0 Å². The summed E-state index contributed by atoms with van der Waals surface area (Å²) in [6, 6.07) is 28.1. The van der Waals surface area contributed by atoms with E-state index in [4.69, 9.17) is 5.11 Å². The highest BCUT2D eigenvalue weighted by molar-refractivity contribution is 5.79. The second-order valence-corrected chi connectivity index (χ2v) is 18.8. The highest BCUT2D eigenvalue weighted by Crippen LogP contribution is 2.26. The predicted octanol–water partition coefficient (Wildman–Crippen LogP) is 17.0. The molecule has 0 saturated carbocycles. The van der Waals surface area contributed by atoms with Crippen LogP contribution in [0, 0.1) is 0 Å². The van der Waals surface area contributed by atoms with Crippen LogP contribution in [-0.2, 0) is 65.8 Å². The van der Waals surface area contributed by atoms with Crippen molar-refractivity contribution in [2.45, 2.75) is 209 Å². The molecule has 372 valence electrons. The zero-order valence-corrected chi connectivity index (χ0v) is 43.6. The Balaban J connectivity index is 0.000000356. The minimum atomic E-state index is -0.741. The fourth-order valence-electron chi connectivity index (χ4n) is 8.51. The molecule has 68 heavy (non-hydrogen) atoms. The van der Waals surface area contributed by atoms with Gasteiger partial charge in [0.05, 0.1) is 6.42 Å². The lowest BCUT2D eigenvalue weighted by Crippen LogP contribution is -2.09. The number of carboxylic acid groups (broad SMARTS) is 2. The third kappa shape index (κ3) is 27.1. The Morgan fingerprint density at radius 2 is 0.897 bits per heavy atom. The molecule has 2 N–H and O–H groups in total. The van der Waals surface area contributed by atoms with Crippen molar-refractivity contribution in [2.75, 3.05) is 0 Å². The number of aliphatic carboxylic acids is 2. The van der Waals surface area contributed by atoms with Crippen LogP contribution < -0.4 is 0 Å². The van der Waals surface area contributed by atoms with E-state index >= 15 is 0 Å². The number of rotatable bonds is 31. The number of aryl methyl sites for hydroxylation is 5. The SMILES string of the molecule is CCC/C=C/c1cc(/C=C/CCC)cc(CC(C)=O)c1.CCCCCc1cc(CCCCC)c(Cc2ccccc2)c(CC(=O)O)c1.CCCCCc1cc(CCCCC)cc(CCC(=O)O)c1. The van der Waals surface area contributed by atoms with Gasteiger partial charge in [-0.1, -0.05) is 203 Å². The standard InChI is InChI=1S/C25H34O2.C19H30O2.C19H26O/c1-3-5-8-14-21-16-22(15-9-6-4-2)24(23(17-21)19-25(26)27)18-20-12-10-7-11-13-20;1-3-5-7-9-16-13-17(10-8-6-4-2)15-18(14-16)11-12-19(20)21;1-4-6-8-10-17-13-18(11-9-7-5-2)15-19(14-17)12-16(3)20/h7,10-13,16-17H,3-6,8-9,14-15,18-19H2,1-2H3,(H,26,27);13-15H,3-12H2,1-2H3,(H,20,21);8-11,13-15H,4-7,12H2,1-3H3/b;;10-8+,11-9+. The first kappa shape index (κ1) is 59.1. The van der Waals surface area contributed by atoms with Crippen LogP contribution in [0.4, 0.5) is 0 Å². The van der Waals surface area contributed by atoms with Crippen LogP contribution in [0.5, 0.6) is 0 Å². The summed E-state index contributed by atoms with van der Waals surface area (Å²) in [5.74, 6) is -1.24. The molecule has 5 heteroatoms. The Morgan fingerprint density at radius 1 is 0.441 bits per heavy atom. The number of hydrogen-bond donors (Lipinski definition) is 2. The summed E-state index contributed by atoms with van der Waals surface area (Å²) in [4.78, 5) is 33.6. The van der Waals surface area contributed by atoms with Gasteiger partial charge in [-0.25, -0.2) is 0 Å². The van der Waals surface area contributed by atoms with Crippen LogP contribution >= 0.6 is 0 Å². The minimum Gasteiger partial charge on any atom is -0.481 e. The van der Waals surface area contributed by atoms with Crippen molar-refractivity contribution < 1.29 is 24.6 Å². The maximum absolute atomic E-state index is 11.5. The molecule has 4 aromatic rings. The molecule has 0 aliphatic heterocycles. The number of hydrogen-bond acceptors (Lipinski definition) is 3. The molecule has 4 rings (SSSR count). The van der Waals surface area contributed by atoms with Gasteiger partial charge in [0.15, 0.2) is 0 Å². The van der Waals surface area contributed by atoms with Crippen molar-refractivity contribution >= 4 is 29.9 Å². The van der Waals surface area contributed by atoms with Crippen molar-refractivity contribution in [1.82, 2.24) is 0 Å². The smallest absolute Gasteiger partial charge is 0.307 e. The number of benzene rings is 4. The Morgan fingerprint density at radius 3 is 1.34 bits per heavy atom. The summed E-state index contributed by atoms with van der Waals surface area (Å²) in [6.07, 6.45) is 34.6. The van der Waals surface area contributed by atoms with Crippen molar-refractivity contribution in [1.29, 1.82) is 0 Å². The number of Topliss-reactive ketones (excluding diaryl/α,β-unsaturated/α-hetero) is 1. The van der Waals surface area contributed by atoms with Gasteiger partial charge in [-0.2, -0.15) is 0 Å². The quantitative estimate of drug-likeness (QED) is 0.0491. The van der Waals surface area contributed by atoms with Gasteiger partial charge < -0.3 is 10.2 Å². The van der Waals surface area contributed by atoms with Crippen LogP contribution in [0.3, 0.4) is 0 Å². The van der Waals surface area contributed by atoms with Crippen molar-refractivity contribution in [3.05, 3.63) is 152 Å². The van der Waals surface area contributed by atoms with E-state index in [9.17, 15) is 19.5 Å². The number of allylic oxidation sites excluding steroid dienone is 2. The maximum Gasteiger partial charge on any atom is 0.307 e. The molecule has 0 heterocycles. The van der Waals surface area contributed by atoms with Gasteiger partial charge in [0.25, 0.3) is 0 Å². The Kier molecular flexibility index (Phi) is 32.1. The lowest BCUT2D eigenvalue weighted by atomic mass is 9.88. The molecule has 0 aromatic heterocycles. The van der Waals surface area contributed by atoms with Gasteiger partial charge in [0, 0.05) is 12.8 Å². The summed E-state index contributed by atoms with van der Waals surface area (Å²) < 4.78 is 0. The van der Waals surface area contributed by atoms with Gasteiger partial charge in [0.2, 0.25) is 0 Å². The first-order chi connectivity index (χ1) is 32.9. The number of carboxylic acids is 2. The fraction of sp³-hybridized carbons (Fsp3) is 0.508. The predicted molar refractivity (Wildman–Crippen MR) is 291 cm³/mol. The lowest BCUT2D eigenvalue weighted by molar-refractivity contribution is -0.137. The highest BCUT2D eigenvalue weighted by atomic mass is 16.4. The minimum absolute atomic E-state index is 0.116. The van der Waals surface area contributed by atoms with Crippen molar-refractivity contribution in [3.8, 4) is 0 Å². The number of unbranched alkanes of at least 4 members (excludes halogenated alkanes) is 10. The molecule has 0 atom stereocenters. The van der Waals surface area contributed by atoms with E-state index in [2.05, 4.69) is 139 Å². The average molecular weight is 927 g/mol. The van der Waals surface area contributed by atoms with E-state index in [1.807, 2.05) is 6.07 Å². The molecule has 0 fully saturated rings. The molecule has 0 bridgehead atoms. The van der Waals surface area contributed by atoms with Crippen LogP contribution in [0.2, 0.25) is 0 Å². The molecule has 0 amide bonds. The molecule has 4 aromatic carbocycles. The first-order valence-electron chi connectivity index (χ1n) is 26.6. The summed E-state index contributed by atoms with van der Waals surface area (Å²) in [5.41, 5.74) is 13.6. The summed E-state index contributed by atoms with van der Waals surface area (Å²) in [7, 11) is 0. The van der Waals surface area contributed by atoms with E-state index in [-0.39, 0.29) is 18.6 Å². The molecular weight excluding hydrogens is 837 g/mol.